The van der Waals surface area contributed by atoms with E-state index in [2.05, 4.69) is 20.8 Å². The van der Waals surface area contributed by atoms with Crippen LogP contribution in [0, 0.1) is 0 Å². The Labute approximate surface area is 65.8 Å². The molecule has 0 amide bonds. The smallest absolute Gasteiger partial charge is 0.0742 e. The Morgan fingerprint density at radius 1 is 0.889 bits per heavy atom. The van der Waals surface area contributed by atoms with Gasteiger partial charge < -0.3 is 17.3 Å². The molecule has 2 heteroatoms. The van der Waals surface area contributed by atoms with E-state index < -0.39 is 0 Å². The van der Waals surface area contributed by atoms with Crippen LogP contribution >= 0.6 is 0 Å². The maximum atomic E-state index is 2.22. The van der Waals surface area contributed by atoms with Crippen molar-refractivity contribution in [2.75, 3.05) is 19.6 Å². The Morgan fingerprint density at radius 2 is 1.11 bits per heavy atom. The van der Waals surface area contributed by atoms with Crippen LogP contribution in [-0.2, 0) is 0 Å². The second-order valence-electron chi connectivity index (χ2n) is 1.81. The average molecular weight is 154 g/mol. The first kappa shape index (κ1) is 16.1. The molecule has 60 valence electrons. The number of quaternary nitrogens is 1. The summed E-state index contributed by atoms with van der Waals surface area (Å²) >= 11 is 0. The highest BCUT2D eigenvalue weighted by Crippen LogP contribution is 1.45. The lowest BCUT2D eigenvalue weighted by molar-refractivity contribution is -0.894. The van der Waals surface area contributed by atoms with E-state index in [1.54, 1.807) is 4.90 Å². The zero-order valence-corrected chi connectivity index (χ0v) is 6.76. The van der Waals surface area contributed by atoms with E-state index in [0.717, 1.165) is 0 Å². The van der Waals surface area contributed by atoms with Crippen LogP contribution in [0.4, 0.5) is 0 Å². The average Bonchev–Trinajstić information content (AvgIpc) is 1.72. The molecule has 0 saturated carbocycles. The Hall–Kier alpha value is 0.250. The molecule has 1 N–H and O–H groups in total. The van der Waals surface area contributed by atoms with Crippen molar-refractivity contribution in [3.63, 3.8) is 0 Å². The van der Waals surface area contributed by atoms with Crippen LogP contribution in [0.15, 0.2) is 0 Å². The Balaban J connectivity index is -0.000000180. The van der Waals surface area contributed by atoms with Crippen molar-refractivity contribution in [2.45, 2.75) is 28.2 Å². The van der Waals surface area contributed by atoms with Crippen LogP contribution in [0.3, 0.4) is 0 Å². The molecule has 0 aromatic carbocycles. The minimum absolute atomic E-state index is 0. The Kier molecular flexibility index (Phi) is 19.9. The fraction of sp³-hybridized carbons (Fsp3) is 1.00. The second-order valence-corrected chi connectivity index (χ2v) is 1.81. The molecule has 0 unspecified atom stereocenters. The molecule has 9 heavy (non-hydrogen) atoms. The van der Waals surface area contributed by atoms with Crippen molar-refractivity contribution in [3.8, 4) is 0 Å². The normalized spacial score (nSPS) is 8.00. The highest BCUT2D eigenvalue weighted by molar-refractivity contribution is 4.11. The van der Waals surface area contributed by atoms with Gasteiger partial charge in [0.25, 0.3) is 0 Å². The first-order valence-corrected chi connectivity index (χ1v) is 3.18. The summed E-state index contributed by atoms with van der Waals surface area (Å²) in [7, 11) is 0. The lowest BCUT2D eigenvalue weighted by Crippen LogP contribution is -3.11. The van der Waals surface area contributed by atoms with Gasteiger partial charge in [0, 0.05) is 0 Å². The standard InChI is InChI=1S/C6H15N.CH4.ClH/c1-4-7(5-2)6-3;;/h4-6H2,1-3H3;1H4;1H. The molecule has 0 radical (unpaired) electrons. The fourth-order valence-electron chi connectivity index (χ4n) is 0.750. The topological polar surface area (TPSA) is 4.44 Å². The molecule has 1 nitrogen and oxygen atoms in total. The first-order valence-electron chi connectivity index (χ1n) is 3.18. The van der Waals surface area contributed by atoms with Crippen LogP contribution in [0.2, 0.25) is 0 Å². The summed E-state index contributed by atoms with van der Waals surface area (Å²) in [6.45, 7) is 10.5. The van der Waals surface area contributed by atoms with Crippen LogP contribution < -0.4 is 17.3 Å². The third-order valence-electron chi connectivity index (χ3n) is 1.50. The molecular weight excluding hydrogens is 134 g/mol. The minimum atomic E-state index is 0. The van der Waals surface area contributed by atoms with Gasteiger partial charge in [-0.25, -0.2) is 0 Å². The molecule has 0 heterocycles. The summed E-state index contributed by atoms with van der Waals surface area (Å²) in [5, 5.41) is 0. The van der Waals surface area contributed by atoms with Gasteiger partial charge >= 0.3 is 0 Å². The summed E-state index contributed by atoms with van der Waals surface area (Å²) in [5.41, 5.74) is 0. The fourth-order valence-corrected chi connectivity index (χ4v) is 0.750. The highest BCUT2D eigenvalue weighted by atomic mass is 35.5. The predicted molar refractivity (Wildman–Crippen MR) is 39.3 cm³/mol. The van der Waals surface area contributed by atoms with Crippen LogP contribution in [0.5, 0.6) is 0 Å². The molecular formula is C7H20ClN. The number of rotatable bonds is 3. The van der Waals surface area contributed by atoms with E-state index in [9.17, 15) is 0 Å². The third-order valence-corrected chi connectivity index (χ3v) is 1.50. The quantitative estimate of drug-likeness (QED) is 0.460. The molecule has 0 atom stereocenters. The number of nitrogens with one attached hydrogen (secondary N) is 1. The van der Waals surface area contributed by atoms with Crippen molar-refractivity contribution in [1.29, 1.82) is 0 Å². The van der Waals surface area contributed by atoms with Crippen molar-refractivity contribution < 1.29 is 17.3 Å². The SMILES string of the molecule is C.CC[NH+](CC)CC.[Cl-]. The zero-order chi connectivity index (χ0) is 5.70. The molecule has 0 aliphatic rings. The van der Waals surface area contributed by atoms with Crippen molar-refractivity contribution in [2.24, 2.45) is 0 Å². The molecule has 0 saturated heterocycles. The monoisotopic (exact) mass is 153 g/mol. The van der Waals surface area contributed by atoms with E-state index in [1.807, 2.05) is 0 Å². The molecule has 0 fully saturated rings. The van der Waals surface area contributed by atoms with Crippen LogP contribution in [0.1, 0.15) is 28.2 Å². The van der Waals surface area contributed by atoms with E-state index in [0.29, 0.717) is 0 Å². The van der Waals surface area contributed by atoms with Crippen LogP contribution in [0.25, 0.3) is 0 Å². The van der Waals surface area contributed by atoms with Crippen molar-refractivity contribution in [1.82, 2.24) is 0 Å². The summed E-state index contributed by atoms with van der Waals surface area (Å²) in [4.78, 5) is 1.68. The van der Waals surface area contributed by atoms with E-state index in [-0.39, 0.29) is 19.8 Å². The number of hydrogen-bond acceptors (Lipinski definition) is 0. The van der Waals surface area contributed by atoms with Crippen molar-refractivity contribution in [3.05, 3.63) is 0 Å². The predicted octanol–water partition coefficient (Wildman–Crippen LogP) is -2.43. The van der Waals surface area contributed by atoms with Gasteiger partial charge in [-0.2, -0.15) is 0 Å². The van der Waals surface area contributed by atoms with E-state index in [4.69, 9.17) is 0 Å². The van der Waals surface area contributed by atoms with Gasteiger partial charge in [-0.1, -0.05) is 7.43 Å². The highest BCUT2D eigenvalue weighted by Gasteiger charge is 1.92. The largest absolute Gasteiger partial charge is 1.00 e. The van der Waals surface area contributed by atoms with Gasteiger partial charge in [0.1, 0.15) is 0 Å². The number of hydrogen-bond donors (Lipinski definition) is 1. The van der Waals surface area contributed by atoms with E-state index >= 15 is 0 Å². The molecule has 0 rings (SSSR count). The zero-order valence-electron chi connectivity index (χ0n) is 6.00. The molecule has 0 aromatic rings. The molecule has 0 bridgehead atoms. The Bertz CT molecular complexity index is 30.4. The maximum Gasteiger partial charge on any atom is 0.0742 e. The number of halogens is 1. The molecule has 0 aromatic heterocycles. The molecule has 0 aliphatic heterocycles. The van der Waals surface area contributed by atoms with Gasteiger partial charge in [0.2, 0.25) is 0 Å². The summed E-state index contributed by atoms with van der Waals surface area (Å²) in [5.74, 6) is 0. The van der Waals surface area contributed by atoms with Gasteiger partial charge in [0.05, 0.1) is 19.6 Å². The maximum absolute atomic E-state index is 2.22. The first-order chi connectivity index (χ1) is 3.35. The summed E-state index contributed by atoms with van der Waals surface area (Å²) < 4.78 is 0. The summed E-state index contributed by atoms with van der Waals surface area (Å²) in [6, 6.07) is 0. The van der Waals surface area contributed by atoms with Gasteiger partial charge in [-0.05, 0) is 20.8 Å². The van der Waals surface area contributed by atoms with Crippen molar-refractivity contribution >= 4 is 0 Å². The lowest BCUT2D eigenvalue weighted by Gasteiger charge is -2.10. The Morgan fingerprint density at radius 3 is 1.11 bits per heavy atom. The lowest BCUT2D eigenvalue weighted by atomic mass is 10.5. The molecule has 0 spiro atoms. The summed E-state index contributed by atoms with van der Waals surface area (Å²) in [6.07, 6.45) is 0. The minimum Gasteiger partial charge on any atom is -1.00 e. The molecule has 0 aliphatic carbocycles. The second kappa shape index (κ2) is 11.1. The van der Waals surface area contributed by atoms with Crippen LogP contribution in [-0.4, -0.2) is 19.6 Å². The van der Waals surface area contributed by atoms with Gasteiger partial charge in [-0.3, -0.25) is 0 Å². The van der Waals surface area contributed by atoms with Gasteiger partial charge in [0.15, 0.2) is 0 Å². The third kappa shape index (κ3) is 8.25. The van der Waals surface area contributed by atoms with E-state index in [1.165, 1.54) is 19.6 Å². The van der Waals surface area contributed by atoms with Gasteiger partial charge in [-0.15, -0.1) is 0 Å².